The van der Waals surface area contributed by atoms with E-state index in [1.807, 2.05) is 42.5 Å². The monoisotopic (exact) mass is 444 g/mol. The van der Waals surface area contributed by atoms with Crippen LogP contribution in [0.15, 0.2) is 66.7 Å². The maximum Gasteiger partial charge on any atom is 0.223 e. The zero-order valence-corrected chi connectivity index (χ0v) is 18.2. The summed E-state index contributed by atoms with van der Waals surface area (Å²) >= 11 is 0. The topological polar surface area (TPSA) is 75.4 Å². The Kier molecular flexibility index (Phi) is 5.97. The summed E-state index contributed by atoms with van der Waals surface area (Å²) in [4.78, 5) is 14.8. The van der Waals surface area contributed by atoms with Crippen LogP contribution in [0.25, 0.3) is 17.0 Å². The average molecular weight is 445 g/mol. The highest BCUT2D eigenvalue weighted by atomic mass is 19.1. The zero-order valence-electron chi connectivity index (χ0n) is 18.2. The molecule has 33 heavy (non-hydrogen) atoms. The van der Waals surface area contributed by atoms with Crippen LogP contribution in [-0.4, -0.2) is 45.4 Å². The second kappa shape index (κ2) is 9.36. The van der Waals surface area contributed by atoms with Gasteiger partial charge >= 0.3 is 0 Å². The van der Waals surface area contributed by atoms with Gasteiger partial charge in [-0.1, -0.05) is 42.5 Å². The van der Waals surface area contributed by atoms with Crippen LogP contribution in [-0.2, 0) is 11.2 Å². The first-order valence-electron chi connectivity index (χ1n) is 11.2. The first kappa shape index (κ1) is 21.1. The predicted octanol–water partition coefficient (Wildman–Crippen LogP) is 3.51. The molecule has 0 saturated carbocycles. The number of benzene rings is 2. The number of nitrogens with zero attached hydrogens (tertiary/aromatic N) is 5. The number of aromatic nitrogens is 4. The van der Waals surface area contributed by atoms with Crippen molar-refractivity contribution in [3.63, 3.8) is 0 Å². The fraction of sp³-hybridized carbons (Fsp3) is 0.280. The minimum atomic E-state index is -0.247. The van der Waals surface area contributed by atoms with Crippen molar-refractivity contribution in [1.29, 1.82) is 0 Å². The first-order valence-corrected chi connectivity index (χ1v) is 11.2. The number of anilines is 1. The number of carbonyl (C=O) groups is 1. The molecule has 1 saturated heterocycles. The van der Waals surface area contributed by atoms with Crippen LogP contribution >= 0.6 is 0 Å². The molecule has 0 spiro atoms. The summed E-state index contributed by atoms with van der Waals surface area (Å²) in [5.74, 6) is 1.40. The Morgan fingerprint density at radius 1 is 0.970 bits per heavy atom. The molecule has 2 aromatic carbocycles. The van der Waals surface area contributed by atoms with Gasteiger partial charge < -0.3 is 10.2 Å². The quantitative estimate of drug-likeness (QED) is 0.493. The van der Waals surface area contributed by atoms with E-state index < -0.39 is 0 Å². The molecule has 0 bridgehead atoms. The molecule has 1 aliphatic heterocycles. The number of nitrogens with one attached hydrogen (secondary N) is 1. The van der Waals surface area contributed by atoms with Crippen molar-refractivity contribution in [3.05, 3.63) is 78.1 Å². The van der Waals surface area contributed by atoms with Gasteiger partial charge in [0.2, 0.25) is 5.91 Å². The maximum absolute atomic E-state index is 13.0. The number of hydrogen-bond acceptors (Lipinski definition) is 5. The summed E-state index contributed by atoms with van der Waals surface area (Å²) in [5.41, 5.74) is 2.68. The van der Waals surface area contributed by atoms with Crippen LogP contribution in [0.4, 0.5) is 10.2 Å². The normalized spacial score (nSPS) is 14.5. The average Bonchev–Trinajstić information content (AvgIpc) is 3.29. The highest BCUT2D eigenvalue weighted by Crippen LogP contribution is 2.24. The Labute approximate surface area is 191 Å². The van der Waals surface area contributed by atoms with Crippen LogP contribution in [0.2, 0.25) is 0 Å². The number of halogens is 1. The minimum Gasteiger partial charge on any atom is -0.356 e. The molecule has 4 aromatic rings. The van der Waals surface area contributed by atoms with Gasteiger partial charge in [0.1, 0.15) is 11.6 Å². The highest BCUT2D eigenvalue weighted by Gasteiger charge is 2.26. The maximum atomic E-state index is 13.0. The lowest BCUT2D eigenvalue weighted by molar-refractivity contribution is -0.125. The van der Waals surface area contributed by atoms with Gasteiger partial charge in [-0.15, -0.1) is 15.3 Å². The summed E-state index contributed by atoms with van der Waals surface area (Å²) in [5, 5.41) is 16.3. The number of carbonyl (C=O) groups excluding carboxylic acids is 1. The Bertz CT molecular complexity index is 1230. The number of piperidine rings is 1. The number of amides is 1. The minimum absolute atomic E-state index is 0.00649. The van der Waals surface area contributed by atoms with Crippen molar-refractivity contribution in [1.82, 2.24) is 25.1 Å². The molecule has 0 unspecified atom stereocenters. The third-order valence-corrected chi connectivity index (χ3v) is 6.10. The molecule has 1 N–H and O–H groups in total. The van der Waals surface area contributed by atoms with E-state index >= 15 is 0 Å². The third-order valence-electron chi connectivity index (χ3n) is 6.10. The van der Waals surface area contributed by atoms with Gasteiger partial charge in [0.25, 0.3) is 0 Å². The molecule has 1 amide bonds. The molecule has 1 fully saturated rings. The number of rotatable bonds is 6. The molecule has 168 valence electrons. The molecule has 0 aliphatic carbocycles. The van der Waals surface area contributed by atoms with E-state index in [0.717, 1.165) is 42.9 Å². The Morgan fingerprint density at radius 2 is 1.73 bits per heavy atom. The Hall–Kier alpha value is -3.81. The number of fused-ring (bicyclic) bond motifs is 1. The molecule has 1 aliphatic rings. The molecular weight excluding hydrogens is 419 g/mol. The van der Waals surface area contributed by atoms with E-state index in [9.17, 15) is 9.18 Å². The molecule has 3 heterocycles. The Morgan fingerprint density at radius 3 is 2.48 bits per heavy atom. The summed E-state index contributed by atoms with van der Waals surface area (Å²) in [6.45, 7) is 2.08. The van der Waals surface area contributed by atoms with Gasteiger partial charge in [-0.3, -0.25) is 4.79 Å². The zero-order chi connectivity index (χ0) is 22.6. The van der Waals surface area contributed by atoms with Crippen molar-refractivity contribution >= 4 is 17.4 Å². The molecule has 5 rings (SSSR count). The van der Waals surface area contributed by atoms with E-state index in [4.69, 9.17) is 5.10 Å². The van der Waals surface area contributed by atoms with Gasteiger partial charge in [0.05, 0.1) is 0 Å². The standard InChI is InChI=1S/C25H25FN6O/c26-21-8-6-18(7-9-21)12-15-27-25(33)20-13-16-31(17-14-20)23-11-10-22-28-29-24(32(22)30-23)19-4-2-1-3-5-19/h1-11,20H,12-17H2,(H,27,33). The summed E-state index contributed by atoms with van der Waals surface area (Å²) in [6, 6.07) is 20.2. The first-order chi connectivity index (χ1) is 16.2. The third kappa shape index (κ3) is 4.69. The van der Waals surface area contributed by atoms with Crippen molar-refractivity contribution in [2.45, 2.75) is 19.3 Å². The smallest absolute Gasteiger partial charge is 0.223 e. The summed E-state index contributed by atoms with van der Waals surface area (Å²) < 4.78 is 14.8. The van der Waals surface area contributed by atoms with Crippen LogP contribution < -0.4 is 10.2 Å². The summed E-state index contributed by atoms with van der Waals surface area (Å²) in [7, 11) is 0. The molecule has 0 radical (unpaired) electrons. The molecule has 2 aromatic heterocycles. The second-order valence-corrected chi connectivity index (χ2v) is 8.28. The van der Waals surface area contributed by atoms with E-state index in [2.05, 4.69) is 20.4 Å². The second-order valence-electron chi connectivity index (χ2n) is 8.28. The van der Waals surface area contributed by atoms with Crippen LogP contribution in [0.3, 0.4) is 0 Å². The van der Waals surface area contributed by atoms with Crippen molar-refractivity contribution in [3.8, 4) is 11.4 Å². The molecule has 0 atom stereocenters. The van der Waals surface area contributed by atoms with Gasteiger partial charge in [-0.25, -0.2) is 4.39 Å². The van der Waals surface area contributed by atoms with E-state index in [0.29, 0.717) is 24.4 Å². The predicted molar refractivity (Wildman–Crippen MR) is 124 cm³/mol. The van der Waals surface area contributed by atoms with Gasteiger partial charge in [-0.2, -0.15) is 4.52 Å². The van der Waals surface area contributed by atoms with Gasteiger partial charge in [0, 0.05) is 31.1 Å². The largest absolute Gasteiger partial charge is 0.356 e. The fourth-order valence-electron chi connectivity index (χ4n) is 4.21. The lowest BCUT2D eigenvalue weighted by Crippen LogP contribution is -2.41. The fourth-order valence-corrected chi connectivity index (χ4v) is 4.21. The van der Waals surface area contributed by atoms with Crippen molar-refractivity contribution in [2.75, 3.05) is 24.5 Å². The van der Waals surface area contributed by atoms with E-state index in [1.165, 1.54) is 12.1 Å². The van der Waals surface area contributed by atoms with E-state index in [1.54, 1.807) is 16.6 Å². The SMILES string of the molecule is O=C(NCCc1ccc(F)cc1)C1CCN(c2ccc3nnc(-c4ccccc4)n3n2)CC1. The molecule has 7 nitrogen and oxygen atoms in total. The van der Waals surface area contributed by atoms with Gasteiger partial charge in [0.15, 0.2) is 11.5 Å². The van der Waals surface area contributed by atoms with Crippen molar-refractivity contribution in [2.24, 2.45) is 5.92 Å². The lowest BCUT2D eigenvalue weighted by Gasteiger charge is -2.32. The van der Waals surface area contributed by atoms with E-state index in [-0.39, 0.29) is 17.6 Å². The van der Waals surface area contributed by atoms with Gasteiger partial charge in [-0.05, 0) is 49.1 Å². The van der Waals surface area contributed by atoms with Crippen LogP contribution in [0.1, 0.15) is 18.4 Å². The highest BCUT2D eigenvalue weighted by molar-refractivity contribution is 5.79. The number of hydrogen-bond donors (Lipinski definition) is 1. The van der Waals surface area contributed by atoms with Crippen LogP contribution in [0, 0.1) is 11.7 Å². The molecule has 8 heteroatoms. The van der Waals surface area contributed by atoms with Crippen molar-refractivity contribution < 1.29 is 9.18 Å². The lowest BCUT2D eigenvalue weighted by atomic mass is 9.96. The summed E-state index contributed by atoms with van der Waals surface area (Å²) in [6.07, 6.45) is 2.24. The van der Waals surface area contributed by atoms with Crippen LogP contribution in [0.5, 0.6) is 0 Å². The molecular formula is C25H25FN6O. The Balaban J connectivity index is 1.18.